The van der Waals surface area contributed by atoms with Gasteiger partial charge < -0.3 is 14.9 Å². The first-order valence-corrected chi connectivity index (χ1v) is 15.8. The summed E-state index contributed by atoms with van der Waals surface area (Å²) in [6, 6.07) is 10.7. The summed E-state index contributed by atoms with van der Waals surface area (Å²) in [5.41, 5.74) is 8.65. The van der Waals surface area contributed by atoms with Crippen molar-refractivity contribution < 1.29 is 22.4 Å². The van der Waals surface area contributed by atoms with E-state index in [0.29, 0.717) is 49.1 Å². The molecule has 39 heavy (non-hydrogen) atoms. The number of furan rings is 1. The van der Waals surface area contributed by atoms with Crippen LogP contribution in [-0.2, 0) is 22.9 Å². The van der Waals surface area contributed by atoms with E-state index in [4.69, 9.17) is 14.9 Å². The Labute approximate surface area is 233 Å². The first-order chi connectivity index (χ1) is 18.8. The van der Waals surface area contributed by atoms with Gasteiger partial charge in [-0.15, -0.1) is 0 Å². The third-order valence-electron chi connectivity index (χ3n) is 7.06. The summed E-state index contributed by atoms with van der Waals surface area (Å²) >= 11 is 0. The van der Waals surface area contributed by atoms with Crippen LogP contribution in [0.4, 0.5) is 0 Å². The van der Waals surface area contributed by atoms with E-state index in [2.05, 4.69) is 13.8 Å². The molecule has 0 saturated heterocycles. The fourth-order valence-electron chi connectivity index (χ4n) is 4.75. The summed E-state index contributed by atoms with van der Waals surface area (Å²) in [7, 11) is -2.49. The van der Waals surface area contributed by atoms with Crippen molar-refractivity contribution in [1.29, 1.82) is 0 Å². The maximum Gasteiger partial charge on any atom is 0.277 e. The Bertz CT molecular complexity index is 1350. The zero-order valence-corrected chi connectivity index (χ0v) is 24.7. The lowest BCUT2D eigenvalue weighted by Gasteiger charge is -2.20. The van der Waals surface area contributed by atoms with Crippen LogP contribution >= 0.6 is 0 Å². The van der Waals surface area contributed by atoms with Gasteiger partial charge in [0.2, 0.25) is 5.09 Å². The van der Waals surface area contributed by atoms with Crippen LogP contribution in [0.1, 0.15) is 92.8 Å². The second kappa shape index (κ2) is 14.6. The molecule has 3 aromatic rings. The molecule has 0 amide bonds. The summed E-state index contributed by atoms with van der Waals surface area (Å²) in [6.07, 6.45) is 7.64. The van der Waals surface area contributed by atoms with Gasteiger partial charge in [0.05, 0.1) is 12.2 Å². The summed E-state index contributed by atoms with van der Waals surface area (Å²) in [4.78, 5) is 14.4. The number of benzene rings is 2. The lowest BCUT2D eigenvalue weighted by atomic mass is 9.89. The molecule has 0 aliphatic rings. The Kier molecular flexibility index (Phi) is 11.6. The molecule has 0 aliphatic heterocycles. The second-order valence-corrected chi connectivity index (χ2v) is 12.0. The van der Waals surface area contributed by atoms with Crippen molar-refractivity contribution in [2.45, 2.75) is 83.7 Å². The normalized spacial score (nSPS) is 11.9. The van der Waals surface area contributed by atoms with Gasteiger partial charge >= 0.3 is 0 Å². The monoisotopic (exact) mass is 556 g/mol. The molecular weight excluding hydrogens is 512 g/mol. The molecule has 0 saturated carbocycles. The maximum atomic E-state index is 14.4. The van der Waals surface area contributed by atoms with Crippen LogP contribution in [0.2, 0.25) is 0 Å². The van der Waals surface area contributed by atoms with E-state index in [1.54, 1.807) is 30.3 Å². The highest BCUT2D eigenvalue weighted by atomic mass is 32.2. The zero-order valence-electron chi connectivity index (χ0n) is 23.9. The van der Waals surface area contributed by atoms with Crippen LogP contribution in [0.15, 0.2) is 45.9 Å². The predicted octanol–water partition coefficient (Wildman–Crippen LogP) is 6.50. The number of unbranched alkanes of at least 4 members (excludes halogenated alkanes) is 3. The second-order valence-electron chi connectivity index (χ2n) is 10.0. The van der Waals surface area contributed by atoms with Crippen LogP contribution in [0, 0.1) is 0 Å². The van der Waals surface area contributed by atoms with Crippen molar-refractivity contribution in [1.82, 2.24) is 4.31 Å². The van der Waals surface area contributed by atoms with Crippen LogP contribution in [-0.4, -0.2) is 45.3 Å². The molecule has 2 aromatic carbocycles. The average Bonchev–Trinajstić information content (AvgIpc) is 3.34. The van der Waals surface area contributed by atoms with Crippen molar-refractivity contribution in [3.8, 4) is 5.75 Å². The highest BCUT2D eigenvalue weighted by Gasteiger charge is 2.34. The van der Waals surface area contributed by atoms with E-state index in [0.717, 1.165) is 61.8 Å². The van der Waals surface area contributed by atoms with E-state index in [9.17, 15) is 13.2 Å². The number of carbonyl (C=O) groups excluding carboxylic acids is 1. The lowest BCUT2D eigenvalue weighted by Crippen LogP contribution is -2.29. The molecule has 0 aliphatic carbocycles. The number of para-hydroxylation sites is 1. The third kappa shape index (κ3) is 7.10. The van der Waals surface area contributed by atoms with Gasteiger partial charge in [0.15, 0.2) is 5.78 Å². The minimum Gasteiger partial charge on any atom is -0.493 e. The third-order valence-corrected chi connectivity index (χ3v) is 8.82. The van der Waals surface area contributed by atoms with E-state index in [-0.39, 0.29) is 16.4 Å². The minimum absolute atomic E-state index is 0.102. The van der Waals surface area contributed by atoms with Gasteiger partial charge in [-0.3, -0.25) is 4.79 Å². The van der Waals surface area contributed by atoms with Gasteiger partial charge in [-0.25, -0.2) is 8.42 Å². The molecule has 0 fully saturated rings. The van der Waals surface area contributed by atoms with Gasteiger partial charge in [0, 0.05) is 24.5 Å². The van der Waals surface area contributed by atoms with Gasteiger partial charge in [-0.1, -0.05) is 58.2 Å². The van der Waals surface area contributed by atoms with E-state index in [1.165, 1.54) is 11.4 Å². The molecule has 0 unspecified atom stereocenters. The smallest absolute Gasteiger partial charge is 0.277 e. The average molecular weight is 557 g/mol. The van der Waals surface area contributed by atoms with Crippen molar-refractivity contribution in [2.75, 3.05) is 26.7 Å². The molecule has 214 valence electrons. The van der Waals surface area contributed by atoms with Crippen molar-refractivity contribution in [3.05, 3.63) is 58.7 Å². The quantitative estimate of drug-likeness (QED) is 0.150. The standard InChI is InChI=1S/C31H44N2O5S/c1-5-8-14-23-24(15-9-6-2)27(37-22-13-20-32)19-18-25(23)30(34)29-26-16-11-12-17-28(26)38-31(29)39(35,36)33(4)21-10-7-3/h11-12,16-19H,5-10,13-15,20-22,32H2,1-4H3. The number of rotatable bonds is 17. The van der Waals surface area contributed by atoms with Gasteiger partial charge in [-0.05, 0) is 74.4 Å². The largest absolute Gasteiger partial charge is 0.493 e. The van der Waals surface area contributed by atoms with E-state index < -0.39 is 10.0 Å². The lowest BCUT2D eigenvalue weighted by molar-refractivity contribution is 0.103. The Morgan fingerprint density at radius 1 is 0.923 bits per heavy atom. The number of fused-ring (bicyclic) bond motifs is 1. The summed E-state index contributed by atoms with van der Waals surface area (Å²) in [6.45, 7) is 7.67. The molecule has 0 atom stereocenters. The SMILES string of the molecule is CCCCc1c(OCCCN)ccc(C(=O)c2c(S(=O)(=O)N(C)CCCC)oc3ccccc23)c1CCCC. The van der Waals surface area contributed by atoms with Crippen LogP contribution < -0.4 is 10.5 Å². The highest BCUT2D eigenvalue weighted by molar-refractivity contribution is 7.89. The van der Waals surface area contributed by atoms with Crippen molar-refractivity contribution in [3.63, 3.8) is 0 Å². The molecule has 0 spiro atoms. The number of ketones is 1. The van der Waals surface area contributed by atoms with Crippen LogP contribution in [0.25, 0.3) is 11.0 Å². The maximum absolute atomic E-state index is 14.4. The number of sulfonamides is 1. The van der Waals surface area contributed by atoms with Gasteiger partial charge in [0.1, 0.15) is 11.3 Å². The summed E-state index contributed by atoms with van der Waals surface area (Å²) in [5.74, 6) is 0.448. The molecule has 3 rings (SSSR count). The molecule has 8 heteroatoms. The molecule has 7 nitrogen and oxygen atoms in total. The highest BCUT2D eigenvalue weighted by Crippen LogP contribution is 2.36. The van der Waals surface area contributed by atoms with E-state index in [1.807, 2.05) is 13.0 Å². The number of hydrogen-bond donors (Lipinski definition) is 1. The van der Waals surface area contributed by atoms with Gasteiger partial charge in [-0.2, -0.15) is 4.31 Å². The number of nitrogens with zero attached hydrogens (tertiary/aromatic N) is 1. The zero-order chi connectivity index (χ0) is 28.4. The van der Waals surface area contributed by atoms with Crippen LogP contribution in [0.5, 0.6) is 5.75 Å². The minimum atomic E-state index is -4.02. The fraction of sp³-hybridized carbons (Fsp3) is 0.516. The number of carbonyl (C=O) groups is 1. The summed E-state index contributed by atoms with van der Waals surface area (Å²) in [5, 5.41) is 0.219. The van der Waals surface area contributed by atoms with Crippen molar-refractivity contribution in [2.24, 2.45) is 5.73 Å². The molecular formula is C31H44N2O5S. The molecule has 0 bridgehead atoms. The fourth-order valence-corrected chi connectivity index (χ4v) is 6.06. The summed E-state index contributed by atoms with van der Waals surface area (Å²) < 4.78 is 40.7. The van der Waals surface area contributed by atoms with Crippen molar-refractivity contribution >= 4 is 26.8 Å². The Hall–Kier alpha value is -2.68. The van der Waals surface area contributed by atoms with E-state index >= 15 is 0 Å². The Balaban J connectivity index is 2.22. The van der Waals surface area contributed by atoms with Gasteiger partial charge in [0.25, 0.3) is 10.0 Å². The number of nitrogens with two attached hydrogens (primary N) is 1. The first-order valence-electron chi connectivity index (χ1n) is 14.3. The Morgan fingerprint density at radius 2 is 1.59 bits per heavy atom. The predicted molar refractivity (Wildman–Crippen MR) is 157 cm³/mol. The molecule has 1 aromatic heterocycles. The first kappa shape index (κ1) is 30.9. The molecule has 2 N–H and O–H groups in total. The Morgan fingerprint density at radius 3 is 2.26 bits per heavy atom. The molecule has 0 radical (unpaired) electrons. The number of hydrogen-bond acceptors (Lipinski definition) is 6. The molecule has 1 heterocycles. The van der Waals surface area contributed by atoms with Crippen LogP contribution in [0.3, 0.4) is 0 Å². The topological polar surface area (TPSA) is 103 Å². The number of ether oxygens (including phenoxy) is 1.